The van der Waals surface area contributed by atoms with E-state index in [1.54, 1.807) is 12.1 Å². The third kappa shape index (κ3) is 2.18. The predicted molar refractivity (Wildman–Crippen MR) is 49.3 cm³/mol. The minimum atomic E-state index is -0.847. The maximum atomic E-state index is 10.7. The molecule has 0 aliphatic heterocycles. The Morgan fingerprint density at radius 3 is 2.77 bits per heavy atom. The summed E-state index contributed by atoms with van der Waals surface area (Å²) in [6.07, 6.45) is 2.01. The van der Waals surface area contributed by atoms with E-state index in [0.29, 0.717) is 17.8 Å². The first-order chi connectivity index (χ1) is 6.15. The van der Waals surface area contributed by atoms with Crippen LogP contribution in [0.4, 0.5) is 5.69 Å². The van der Waals surface area contributed by atoms with E-state index >= 15 is 0 Å². The highest BCUT2D eigenvalue weighted by Gasteiger charge is 2.18. The zero-order chi connectivity index (χ0) is 9.84. The van der Waals surface area contributed by atoms with Crippen molar-refractivity contribution in [3.8, 4) is 0 Å². The molecule has 1 unspecified atom stereocenters. The van der Waals surface area contributed by atoms with Crippen molar-refractivity contribution in [2.75, 3.05) is 5.73 Å². The number of anilines is 1. The van der Waals surface area contributed by atoms with Gasteiger partial charge in [-0.1, -0.05) is 6.92 Å². The quantitative estimate of drug-likeness (QED) is 0.733. The number of carboxylic acids is 1. The number of hydrogen-bond acceptors (Lipinski definition) is 3. The van der Waals surface area contributed by atoms with Gasteiger partial charge in [-0.15, -0.1) is 0 Å². The predicted octanol–water partition coefficient (Wildman–Crippen LogP) is 1.24. The van der Waals surface area contributed by atoms with E-state index in [-0.39, 0.29) is 0 Å². The van der Waals surface area contributed by atoms with E-state index in [4.69, 9.17) is 10.8 Å². The Bertz CT molecular complexity index is 295. The number of aliphatic carboxylic acids is 1. The van der Waals surface area contributed by atoms with Gasteiger partial charge in [0.05, 0.1) is 23.5 Å². The summed E-state index contributed by atoms with van der Waals surface area (Å²) in [7, 11) is 0. The van der Waals surface area contributed by atoms with Gasteiger partial charge in [0.15, 0.2) is 0 Å². The van der Waals surface area contributed by atoms with Crippen LogP contribution in [0.15, 0.2) is 18.3 Å². The van der Waals surface area contributed by atoms with E-state index in [0.717, 1.165) is 0 Å². The lowest BCUT2D eigenvalue weighted by molar-refractivity contribution is -0.138. The van der Waals surface area contributed by atoms with Gasteiger partial charge in [-0.2, -0.15) is 0 Å². The molecule has 0 saturated carbocycles. The Morgan fingerprint density at radius 2 is 2.38 bits per heavy atom. The number of nitrogens with zero attached hydrogens (tertiary/aromatic N) is 1. The van der Waals surface area contributed by atoms with E-state index in [1.165, 1.54) is 6.20 Å². The number of rotatable bonds is 3. The van der Waals surface area contributed by atoms with Gasteiger partial charge < -0.3 is 10.8 Å². The van der Waals surface area contributed by atoms with Crippen LogP contribution in [0.1, 0.15) is 25.0 Å². The number of nitrogens with two attached hydrogens (primary N) is 1. The van der Waals surface area contributed by atoms with Gasteiger partial charge in [-0.05, 0) is 18.6 Å². The second-order valence-electron chi connectivity index (χ2n) is 2.82. The summed E-state index contributed by atoms with van der Waals surface area (Å²) in [6.45, 7) is 1.82. The second-order valence-corrected chi connectivity index (χ2v) is 2.82. The molecule has 70 valence electrons. The van der Waals surface area contributed by atoms with E-state index in [9.17, 15) is 4.79 Å². The van der Waals surface area contributed by atoms with Crippen molar-refractivity contribution in [1.82, 2.24) is 4.98 Å². The summed E-state index contributed by atoms with van der Waals surface area (Å²) in [5.41, 5.74) is 6.54. The second kappa shape index (κ2) is 3.89. The first-order valence-electron chi connectivity index (χ1n) is 4.09. The summed E-state index contributed by atoms with van der Waals surface area (Å²) in [6, 6.07) is 3.31. The molecule has 0 aliphatic rings. The van der Waals surface area contributed by atoms with Crippen LogP contribution in [-0.2, 0) is 4.79 Å². The lowest BCUT2D eigenvalue weighted by Crippen LogP contribution is -2.11. The normalized spacial score (nSPS) is 12.4. The fourth-order valence-electron chi connectivity index (χ4n) is 1.13. The molecule has 0 radical (unpaired) electrons. The fraction of sp³-hybridized carbons (Fsp3) is 0.333. The standard InChI is InChI=1S/C9H12N2O2/c1-2-7(9(12)13)8-4-3-6(10)5-11-8/h3-5,7H,2,10H2,1H3,(H,12,13). The molecule has 0 aromatic carbocycles. The van der Waals surface area contributed by atoms with Gasteiger partial charge in [0.1, 0.15) is 0 Å². The average Bonchev–Trinajstić information content (AvgIpc) is 2.09. The van der Waals surface area contributed by atoms with Crippen LogP contribution in [0.5, 0.6) is 0 Å². The fourth-order valence-corrected chi connectivity index (χ4v) is 1.13. The van der Waals surface area contributed by atoms with Crippen molar-refractivity contribution < 1.29 is 9.90 Å². The maximum Gasteiger partial charge on any atom is 0.312 e. The summed E-state index contributed by atoms with van der Waals surface area (Å²) in [4.78, 5) is 14.7. The lowest BCUT2D eigenvalue weighted by atomic mass is 10.0. The van der Waals surface area contributed by atoms with Crippen molar-refractivity contribution in [3.05, 3.63) is 24.0 Å². The highest BCUT2D eigenvalue weighted by atomic mass is 16.4. The SMILES string of the molecule is CCC(C(=O)O)c1ccc(N)cn1. The number of hydrogen-bond donors (Lipinski definition) is 2. The number of carbonyl (C=O) groups is 1. The van der Waals surface area contributed by atoms with Crippen molar-refractivity contribution in [3.63, 3.8) is 0 Å². The van der Waals surface area contributed by atoms with Crippen LogP contribution in [0, 0.1) is 0 Å². The first kappa shape index (κ1) is 9.51. The monoisotopic (exact) mass is 180 g/mol. The molecule has 1 heterocycles. The van der Waals surface area contributed by atoms with Crippen LogP contribution in [0.25, 0.3) is 0 Å². The maximum absolute atomic E-state index is 10.7. The zero-order valence-electron chi connectivity index (χ0n) is 7.40. The van der Waals surface area contributed by atoms with Gasteiger partial charge in [0.2, 0.25) is 0 Å². The van der Waals surface area contributed by atoms with Crippen LogP contribution >= 0.6 is 0 Å². The van der Waals surface area contributed by atoms with Crippen LogP contribution in [-0.4, -0.2) is 16.1 Å². The summed E-state index contributed by atoms with van der Waals surface area (Å²) in [5, 5.41) is 8.82. The molecular weight excluding hydrogens is 168 g/mol. The molecular formula is C9H12N2O2. The molecule has 1 rings (SSSR count). The Labute approximate surface area is 76.4 Å². The van der Waals surface area contributed by atoms with Crippen molar-refractivity contribution in [2.24, 2.45) is 0 Å². The van der Waals surface area contributed by atoms with Gasteiger partial charge in [-0.3, -0.25) is 9.78 Å². The zero-order valence-corrected chi connectivity index (χ0v) is 7.40. The molecule has 0 bridgehead atoms. The van der Waals surface area contributed by atoms with Gasteiger partial charge in [0.25, 0.3) is 0 Å². The molecule has 13 heavy (non-hydrogen) atoms. The highest BCUT2D eigenvalue weighted by Crippen LogP contribution is 2.17. The van der Waals surface area contributed by atoms with E-state index < -0.39 is 11.9 Å². The van der Waals surface area contributed by atoms with Crippen LogP contribution < -0.4 is 5.73 Å². The molecule has 0 spiro atoms. The minimum absolute atomic E-state index is 0.527. The molecule has 4 heteroatoms. The third-order valence-corrected chi connectivity index (χ3v) is 1.87. The molecule has 1 aromatic heterocycles. The Morgan fingerprint density at radius 1 is 1.69 bits per heavy atom. The Balaban J connectivity index is 2.92. The first-order valence-corrected chi connectivity index (χ1v) is 4.09. The molecule has 3 N–H and O–H groups in total. The highest BCUT2D eigenvalue weighted by molar-refractivity contribution is 5.75. The summed E-state index contributed by atoms with van der Waals surface area (Å²) in [5.74, 6) is -1.37. The summed E-state index contributed by atoms with van der Waals surface area (Å²) < 4.78 is 0. The number of nitrogen functional groups attached to an aromatic ring is 1. The van der Waals surface area contributed by atoms with Gasteiger partial charge in [-0.25, -0.2) is 0 Å². The van der Waals surface area contributed by atoms with Crippen LogP contribution in [0.2, 0.25) is 0 Å². The van der Waals surface area contributed by atoms with E-state index in [1.807, 2.05) is 6.92 Å². The molecule has 0 amide bonds. The average molecular weight is 180 g/mol. The largest absolute Gasteiger partial charge is 0.481 e. The number of carboxylic acid groups (broad SMARTS) is 1. The Hall–Kier alpha value is -1.58. The van der Waals surface area contributed by atoms with E-state index in [2.05, 4.69) is 4.98 Å². The number of pyridine rings is 1. The number of aromatic nitrogens is 1. The molecule has 0 saturated heterocycles. The lowest BCUT2D eigenvalue weighted by Gasteiger charge is -2.08. The van der Waals surface area contributed by atoms with Crippen molar-refractivity contribution in [2.45, 2.75) is 19.3 Å². The molecule has 0 aliphatic carbocycles. The summed E-state index contributed by atoms with van der Waals surface area (Å²) >= 11 is 0. The minimum Gasteiger partial charge on any atom is -0.481 e. The van der Waals surface area contributed by atoms with Crippen molar-refractivity contribution >= 4 is 11.7 Å². The van der Waals surface area contributed by atoms with Gasteiger partial charge >= 0.3 is 5.97 Å². The molecule has 4 nitrogen and oxygen atoms in total. The Kier molecular flexibility index (Phi) is 2.84. The topological polar surface area (TPSA) is 76.2 Å². The molecule has 1 aromatic rings. The van der Waals surface area contributed by atoms with Crippen molar-refractivity contribution in [1.29, 1.82) is 0 Å². The smallest absolute Gasteiger partial charge is 0.312 e. The van der Waals surface area contributed by atoms with Gasteiger partial charge in [0, 0.05) is 0 Å². The third-order valence-electron chi connectivity index (χ3n) is 1.87. The van der Waals surface area contributed by atoms with Crippen LogP contribution in [0.3, 0.4) is 0 Å². The molecule has 1 atom stereocenters. The molecule has 0 fully saturated rings.